The summed E-state index contributed by atoms with van der Waals surface area (Å²) < 4.78 is 0. The maximum atomic E-state index is 12.5. The highest BCUT2D eigenvalue weighted by Gasteiger charge is 2.23. The summed E-state index contributed by atoms with van der Waals surface area (Å²) in [5.41, 5.74) is 4.61. The number of nitrogens with zero attached hydrogens (tertiary/aromatic N) is 3. The number of likely N-dealkylation sites (tertiary alicyclic amines) is 1. The van der Waals surface area contributed by atoms with Crippen LogP contribution in [0.1, 0.15) is 49.4 Å². The van der Waals surface area contributed by atoms with E-state index in [2.05, 4.69) is 53.6 Å². The summed E-state index contributed by atoms with van der Waals surface area (Å²) in [7, 11) is 0. The fourth-order valence-corrected chi connectivity index (χ4v) is 5.16. The number of benzene rings is 2. The van der Waals surface area contributed by atoms with E-state index in [1.54, 1.807) is 23.2 Å². The van der Waals surface area contributed by atoms with Gasteiger partial charge in [-0.05, 0) is 55.5 Å². The molecule has 2 aromatic carbocycles. The molecule has 0 saturated carbocycles. The van der Waals surface area contributed by atoms with Crippen LogP contribution in [0, 0.1) is 0 Å². The first-order valence-electron chi connectivity index (χ1n) is 10.8. The van der Waals surface area contributed by atoms with Crippen molar-refractivity contribution in [1.29, 1.82) is 0 Å². The minimum absolute atomic E-state index is 0.000440. The second-order valence-electron chi connectivity index (χ2n) is 7.92. The number of anilines is 2. The molecule has 0 unspecified atom stereocenters. The quantitative estimate of drug-likeness (QED) is 0.509. The lowest BCUT2D eigenvalue weighted by atomic mass is 9.89. The number of carbonyl (C=O) groups is 1. The number of aromatic nitrogens is 1. The second kappa shape index (κ2) is 9.54. The van der Waals surface area contributed by atoms with Crippen molar-refractivity contribution < 1.29 is 4.79 Å². The predicted octanol–water partition coefficient (Wildman–Crippen LogP) is 5.77. The summed E-state index contributed by atoms with van der Waals surface area (Å²) in [6, 6.07) is 18.9. The van der Waals surface area contributed by atoms with E-state index in [1.165, 1.54) is 18.4 Å². The van der Waals surface area contributed by atoms with E-state index in [-0.39, 0.29) is 5.91 Å². The van der Waals surface area contributed by atoms with E-state index >= 15 is 0 Å². The molecule has 156 valence electrons. The van der Waals surface area contributed by atoms with Crippen molar-refractivity contribution in [2.75, 3.05) is 18.0 Å². The first-order valence-corrected chi connectivity index (χ1v) is 11.6. The molecule has 0 bridgehead atoms. The Morgan fingerprint density at radius 3 is 2.50 bits per heavy atom. The molecule has 1 fully saturated rings. The van der Waals surface area contributed by atoms with Crippen molar-refractivity contribution >= 4 is 28.1 Å². The normalized spacial score (nSPS) is 15.3. The number of para-hydroxylation sites is 1. The van der Waals surface area contributed by atoms with Crippen molar-refractivity contribution in [3.8, 4) is 0 Å². The SMILES string of the molecule is CCc1ccccc1N(C(C)=O)c1nc(CN2CCC(c3ccccc3)CC2)cs1. The van der Waals surface area contributed by atoms with Crippen LogP contribution in [0.3, 0.4) is 0 Å². The minimum atomic E-state index is 0.000440. The minimum Gasteiger partial charge on any atom is -0.297 e. The Balaban J connectivity index is 1.43. The van der Waals surface area contributed by atoms with Crippen molar-refractivity contribution in [2.45, 2.75) is 45.6 Å². The van der Waals surface area contributed by atoms with Crippen LogP contribution in [0.2, 0.25) is 0 Å². The van der Waals surface area contributed by atoms with Gasteiger partial charge in [-0.1, -0.05) is 55.5 Å². The number of aryl methyl sites for hydroxylation is 1. The van der Waals surface area contributed by atoms with Gasteiger partial charge in [-0.3, -0.25) is 14.6 Å². The molecule has 0 atom stereocenters. The van der Waals surface area contributed by atoms with Gasteiger partial charge in [-0.25, -0.2) is 4.98 Å². The van der Waals surface area contributed by atoms with Crippen LogP contribution in [-0.4, -0.2) is 28.9 Å². The summed E-state index contributed by atoms with van der Waals surface area (Å²) in [5, 5.41) is 2.86. The van der Waals surface area contributed by atoms with Gasteiger partial charge < -0.3 is 0 Å². The molecule has 4 nitrogen and oxygen atoms in total. The zero-order valence-electron chi connectivity index (χ0n) is 17.8. The standard InChI is InChI=1S/C25H29N3OS/c1-3-20-9-7-8-12-24(20)28(19(2)29)25-26-23(18-30-25)17-27-15-13-22(14-16-27)21-10-5-4-6-11-21/h4-12,18,22H,3,13-17H2,1-2H3. The maximum Gasteiger partial charge on any atom is 0.230 e. The molecule has 4 rings (SSSR count). The monoisotopic (exact) mass is 419 g/mol. The lowest BCUT2D eigenvalue weighted by Crippen LogP contribution is -2.32. The van der Waals surface area contributed by atoms with Gasteiger partial charge in [0.1, 0.15) is 0 Å². The number of amides is 1. The Morgan fingerprint density at radius 2 is 1.80 bits per heavy atom. The van der Waals surface area contributed by atoms with E-state index in [9.17, 15) is 4.79 Å². The fraction of sp³-hybridized carbons (Fsp3) is 0.360. The third kappa shape index (κ3) is 4.63. The number of thiazole rings is 1. The average Bonchev–Trinajstić information content (AvgIpc) is 3.23. The van der Waals surface area contributed by atoms with E-state index in [0.717, 1.165) is 48.1 Å². The van der Waals surface area contributed by atoms with Gasteiger partial charge in [-0.2, -0.15) is 0 Å². The Kier molecular flexibility index (Phi) is 6.60. The third-order valence-corrected chi connectivity index (χ3v) is 6.78. The molecule has 0 radical (unpaired) electrons. The topological polar surface area (TPSA) is 36.4 Å². The summed E-state index contributed by atoms with van der Waals surface area (Å²) in [4.78, 5) is 21.5. The van der Waals surface area contributed by atoms with Crippen LogP contribution in [0.4, 0.5) is 10.8 Å². The summed E-state index contributed by atoms with van der Waals surface area (Å²) >= 11 is 1.55. The number of hydrogen-bond acceptors (Lipinski definition) is 4. The molecule has 1 aliphatic heterocycles. The van der Waals surface area contributed by atoms with Gasteiger partial charge in [0.05, 0.1) is 11.4 Å². The van der Waals surface area contributed by atoms with Crippen LogP contribution in [0.25, 0.3) is 0 Å². The van der Waals surface area contributed by atoms with E-state index in [0.29, 0.717) is 5.92 Å². The Bertz CT molecular complexity index is 977. The molecular formula is C25H29N3OS. The first-order chi connectivity index (χ1) is 14.7. The van der Waals surface area contributed by atoms with Crippen LogP contribution in [0.5, 0.6) is 0 Å². The van der Waals surface area contributed by atoms with Crippen molar-refractivity contribution in [1.82, 2.24) is 9.88 Å². The lowest BCUT2D eigenvalue weighted by molar-refractivity contribution is -0.115. The summed E-state index contributed by atoms with van der Waals surface area (Å²) in [6.07, 6.45) is 3.25. The summed E-state index contributed by atoms with van der Waals surface area (Å²) in [5.74, 6) is 0.660. The van der Waals surface area contributed by atoms with Crippen LogP contribution in [-0.2, 0) is 17.8 Å². The van der Waals surface area contributed by atoms with Crippen LogP contribution >= 0.6 is 11.3 Å². The number of carbonyl (C=O) groups excluding carboxylic acids is 1. The van der Waals surface area contributed by atoms with E-state index in [4.69, 9.17) is 4.98 Å². The third-order valence-electron chi connectivity index (χ3n) is 5.90. The van der Waals surface area contributed by atoms with Gasteiger partial charge in [-0.15, -0.1) is 11.3 Å². The molecule has 0 spiro atoms. The van der Waals surface area contributed by atoms with Crippen molar-refractivity contribution in [3.05, 3.63) is 76.8 Å². The zero-order chi connectivity index (χ0) is 20.9. The first kappa shape index (κ1) is 20.8. The summed E-state index contributed by atoms with van der Waals surface area (Å²) in [6.45, 7) is 6.74. The predicted molar refractivity (Wildman–Crippen MR) is 124 cm³/mol. The molecule has 2 heterocycles. The van der Waals surface area contributed by atoms with Gasteiger partial charge in [0, 0.05) is 18.8 Å². The van der Waals surface area contributed by atoms with E-state index in [1.807, 2.05) is 18.2 Å². The second-order valence-corrected chi connectivity index (χ2v) is 8.76. The fourth-order valence-electron chi connectivity index (χ4n) is 4.29. The molecule has 1 saturated heterocycles. The number of piperidine rings is 1. The molecular weight excluding hydrogens is 390 g/mol. The molecule has 3 aromatic rings. The Morgan fingerprint density at radius 1 is 1.10 bits per heavy atom. The highest BCUT2D eigenvalue weighted by atomic mass is 32.1. The van der Waals surface area contributed by atoms with Crippen LogP contribution < -0.4 is 4.90 Å². The highest BCUT2D eigenvalue weighted by molar-refractivity contribution is 7.14. The van der Waals surface area contributed by atoms with Gasteiger partial charge in [0.2, 0.25) is 5.91 Å². The largest absolute Gasteiger partial charge is 0.297 e. The van der Waals surface area contributed by atoms with Crippen molar-refractivity contribution in [3.63, 3.8) is 0 Å². The highest BCUT2D eigenvalue weighted by Crippen LogP contribution is 2.33. The average molecular weight is 420 g/mol. The molecule has 1 amide bonds. The number of hydrogen-bond donors (Lipinski definition) is 0. The maximum absolute atomic E-state index is 12.5. The molecule has 30 heavy (non-hydrogen) atoms. The Labute approximate surface area is 183 Å². The van der Waals surface area contributed by atoms with Gasteiger partial charge >= 0.3 is 0 Å². The molecule has 1 aliphatic rings. The zero-order valence-corrected chi connectivity index (χ0v) is 18.6. The lowest BCUT2D eigenvalue weighted by Gasteiger charge is -2.31. The molecule has 1 aromatic heterocycles. The molecule has 0 aliphatic carbocycles. The molecule has 5 heteroatoms. The molecule has 0 N–H and O–H groups in total. The smallest absolute Gasteiger partial charge is 0.230 e. The van der Waals surface area contributed by atoms with Gasteiger partial charge in [0.15, 0.2) is 5.13 Å². The van der Waals surface area contributed by atoms with Crippen molar-refractivity contribution in [2.24, 2.45) is 0 Å². The Hall–Kier alpha value is -2.50. The van der Waals surface area contributed by atoms with Crippen LogP contribution in [0.15, 0.2) is 60.0 Å². The van der Waals surface area contributed by atoms with Gasteiger partial charge in [0.25, 0.3) is 0 Å². The van der Waals surface area contributed by atoms with E-state index < -0.39 is 0 Å². The number of rotatable bonds is 6.